The van der Waals surface area contributed by atoms with E-state index in [0.717, 1.165) is 12.1 Å². The minimum Gasteiger partial charge on any atom is -0.504 e. The summed E-state index contributed by atoms with van der Waals surface area (Å²) in [7, 11) is 0. The van der Waals surface area contributed by atoms with Crippen LogP contribution in [0.15, 0.2) is 16.9 Å². The van der Waals surface area contributed by atoms with E-state index < -0.39 is 53.4 Å². The fraction of sp³-hybridized carbons (Fsp3) is 0.250. The average Bonchev–Trinajstić information content (AvgIpc) is 2.39. The van der Waals surface area contributed by atoms with Crippen LogP contribution in [0.1, 0.15) is 12.1 Å². The van der Waals surface area contributed by atoms with Gasteiger partial charge in [-0.15, -0.1) is 0 Å². The van der Waals surface area contributed by atoms with Crippen molar-refractivity contribution in [1.29, 1.82) is 0 Å². The lowest BCUT2D eigenvalue weighted by atomic mass is 10.1. The van der Waals surface area contributed by atoms with Crippen LogP contribution in [0.3, 0.4) is 0 Å². The van der Waals surface area contributed by atoms with Gasteiger partial charge in [0.1, 0.15) is 0 Å². The van der Waals surface area contributed by atoms with E-state index in [1.54, 1.807) is 0 Å². The smallest absolute Gasteiger partial charge is 0.434 e. The predicted octanol–water partition coefficient (Wildman–Crippen LogP) is 1.30. The van der Waals surface area contributed by atoms with Crippen LogP contribution in [0.2, 0.25) is 0 Å². The molecule has 0 saturated carbocycles. The molecule has 0 aliphatic rings. The number of phenolic OH excluding ortho intramolecular Hbond substituents is 2. The molecule has 1 heterocycles. The Hall–Kier alpha value is -2.78. The molecule has 2 aromatic rings. The van der Waals surface area contributed by atoms with Gasteiger partial charge in [-0.2, -0.15) is 18.2 Å². The highest BCUT2D eigenvalue weighted by atomic mass is 19.4. The molecular weight excluding hydrogens is 309 g/mol. The molecule has 0 saturated heterocycles. The van der Waals surface area contributed by atoms with Gasteiger partial charge in [-0.25, -0.2) is 4.79 Å². The first kappa shape index (κ1) is 15.6. The van der Waals surface area contributed by atoms with Crippen molar-refractivity contribution < 1.29 is 33.3 Å². The Balaban J connectivity index is 2.85. The number of carboxylic acid groups (broad SMARTS) is 1. The van der Waals surface area contributed by atoms with Crippen LogP contribution in [0.25, 0.3) is 10.9 Å². The van der Waals surface area contributed by atoms with Crippen molar-refractivity contribution in [2.24, 2.45) is 0 Å². The number of alkyl halides is 3. The van der Waals surface area contributed by atoms with Crippen molar-refractivity contribution in [3.05, 3.63) is 28.3 Å². The molecule has 7 nitrogen and oxygen atoms in total. The third-order valence-electron chi connectivity index (χ3n) is 2.92. The van der Waals surface area contributed by atoms with E-state index in [1.807, 2.05) is 0 Å². The van der Waals surface area contributed by atoms with Crippen molar-refractivity contribution >= 4 is 16.9 Å². The van der Waals surface area contributed by atoms with Crippen molar-refractivity contribution in [2.75, 3.05) is 0 Å². The van der Waals surface area contributed by atoms with E-state index >= 15 is 0 Å². The Morgan fingerprint density at radius 1 is 1.27 bits per heavy atom. The lowest BCUT2D eigenvalue weighted by Gasteiger charge is -2.15. The zero-order valence-corrected chi connectivity index (χ0v) is 10.8. The summed E-state index contributed by atoms with van der Waals surface area (Å²) < 4.78 is 39.6. The van der Waals surface area contributed by atoms with Crippen LogP contribution in [-0.4, -0.2) is 30.8 Å². The van der Waals surface area contributed by atoms with Crippen LogP contribution >= 0.6 is 0 Å². The Kier molecular flexibility index (Phi) is 3.69. The molecule has 0 unspecified atom stereocenters. The number of aryl methyl sites for hydroxylation is 1. The van der Waals surface area contributed by atoms with Crippen molar-refractivity contribution in [2.45, 2.75) is 19.1 Å². The maximum absolute atomic E-state index is 13.0. The van der Waals surface area contributed by atoms with Gasteiger partial charge >= 0.3 is 17.8 Å². The number of nitrogens with zero attached hydrogens (tertiary/aromatic N) is 2. The normalized spacial score (nSPS) is 11.8. The number of rotatable bonds is 3. The van der Waals surface area contributed by atoms with Gasteiger partial charge < -0.3 is 15.3 Å². The SMILES string of the molecule is O=C(O)CCn1c(=O)nc(C(F)(F)F)c2c(O)c(O)ccc21. The molecule has 0 atom stereocenters. The molecule has 0 bridgehead atoms. The van der Waals surface area contributed by atoms with Crippen molar-refractivity contribution in [1.82, 2.24) is 9.55 Å². The molecule has 0 aliphatic carbocycles. The lowest BCUT2D eigenvalue weighted by molar-refractivity contribution is -0.140. The first-order valence-electron chi connectivity index (χ1n) is 5.87. The summed E-state index contributed by atoms with van der Waals surface area (Å²) in [6.07, 6.45) is -5.56. The Morgan fingerprint density at radius 3 is 2.45 bits per heavy atom. The quantitative estimate of drug-likeness (QED) is 0.735. The second-order valence-electron chi connectivity index (χ2n) is 4.36. The summed E-state index contributed by atoms with van der Waals surface area (Å²) in [5, 5.41) is 26.8. The third kappa shape index (κ3) is 2.67. The van der Waals surface area contributed by atoms with Gasteiger partial charge in [0.25, 0.3) is 0 Å². The van der Waals surface area contributed by atoms with Crippen LogP contribution in [0.4, 0.5) is 13.2 Å². The van der Waals surface area contributed by atoms with Gasteiger partial charge in [0.05, 0.1) is 17.3 Å². The molecule has 2 rings (SSSR count). The second kappa shape index (κ2) is 5.20. The van der Waals surface area contributed by atoms with Gasteiger partial charge in [0.15, 0.2) is 17.2 Å². The summed E-state index contributed by atoms with van der Waals surface area (Å²) in [4.78, 5) is 25.2. The number of phenols is 2. The molecule has 0 radical (unpaired) electrons. The largest absolute Gasteiger partial charge is 0.504 e. The van der Waals surface area contributed by atoms with Gasteiger partial charge in [0.2, 0.25) is 0 Å². The number of aromatic hydroxyl groups is 2. The predicted molar refractivity (Wildman–Crippen MR) is 66.6 cm³/mol. The standard InChI is InChI=1S/C12H9F3N2O5/c13-12(14,15)10-8-5(1-2-6(18)9(8)21)17(11(22)16-10)4-3-7(19)20/h1-2,18,21H,3-4H2,(H,19,20). The molecule has 1 aromatic heterocycles. The fourth-order valence-corrected chi connectivity index (χ4v) is 1.97. The highest BCUT2D eigenvalue weighted by Gasteiger charge is 2.37. The highest BCUT2D eigenvalue weighted by molar-refractivity contribution is 5.90. The summed E-state index contributed by atoms with van der Waals surface area (Å²) in [6, 6.07) is 1.87. The fourth-order valence-electron chi connectivity index (χ4n) is 1.97. The summed E-state index contributed by atoms with van der Waals surface area (Å²) >= 11 is 0. The number of aromatic nitrogens is 2. The minimum absolute atomic E-state index is 0.371. The van der Waals surface area contributed by atoms with E-state index in [-0.39, 0.29) is 5.52 Å². The number of hydrogen-bond acceptors (Lipinski definition) is 5. The second-order valence-corrected chi connectivity index (χ2v) is 4.36. The molecule has 3 N–H and O–H groups in total. The minimum atomic E-state index is -5.03. The number of carbonyl (C=O) groups is 1. The van der Waals surface area contributed by atoms with Gasteiger partial charge in [0, 0.05) is 6.54 Å². The highest BCUT2D eigenvalue weighted by Crippen LogP contribution is 2.40. The zero-order chi connectivity index (χ0) is 16.7. The Bertz CT molecular complexity index is 813. The molecule has 118 valence electrons. The van der Waals surface area contributed by atoms with Gasteiger partial charge in [-0.1, -0.05) is 0 Å². The lowest BCUT2D eigenvalue weighted by Crippen LogP contribution is -2.28. The van der Waals surface area contributed by atoms with Gasteiger partial charge in [-0.3, -0.25) is 9.36 Å². The number of aliphatic carboxylic acids is 1. The first-order valence-corrected chi connectivity index (χ1v) is 5.87. The van der Waals surface area contributed by atoms with E-state index in [2.05, 4.69) is 4.98 Å². The Labute approximate surface area is 119 Å². The van der Waals surface area contributed by atoms with Crippen LogP contribution in [0.5, 0.6) is 11.5 Å². The van der Waals surface area contributed by atoms with E-state index in [0.29, 0.717) is 4.57 Å². The van der Waals surface area contributed by atoms with Crippen LogP contribution < -0.4 is 5.69 Å². The molecule has 1 aromatic carbocycles. The monoisotopic (exact) mass is 318 g/mol. The summed E-state index contributed by atoms with van der Waals surface area (Å²) in [5.41, 5.74) is -3.32. The van der Waals surface area contributed by atoms with Gasteiger partial charge in [-0.05, 0) is 12.1 Å². The topological polar surface area (TPSA) is 113 Å². The van der Waals surface area contributed by atoms with Crippen LogP contribution in [0, 0.1) is 0 Å². The van der Waals surface area contributed by atoms with Crippen LogP contribution in [-0.2, 0) is 17.5 Å². The molecular formula is C12H9F3N2O5. The molecule has 0 spiro atoms. The van der Waals surface area contributed by atoms with Crippen molar-refractivity contribution in [3.8, 4) is 11.5 Å². The number of halogens is 3. The average molecular weight is 318 g/mol. The number of fused-ring (bicyclic) bond motifs is 1. The Morgan fingerprint density at radius 2 is 1.91 bits per heavy atom. The molecule has 22 heavy (non-hydrogen) atoms. The summed E-state index contributed by atoms with van der Waals surface area (Å²) in [5.74, 6) is -3.16. The zero-order valence-electron chi connectivity index (χ0n) is 10.8. The number of benzene rings is 1. The molecule has 0 aliphatic heterocycles. The maximum Gasteiger partial charge on any atom is 0.434 e. The summed E-state index contributed by atoms with van der Waals surface area (Å²) in [6.45, 7) is -0.431. The van der Waals surface area contributed by atoms with Crippen molar-refractivity contribution in [3.63, 3.8) is 0 Å². The molecule has 0 amide bonds. The van der Waals surface area contributed by atoms with E-state index in [4.69, 9.17) is 5.11 Å². The molecule has 0 fully saturated rings. The van der Waals surface area contributed by atoms with E-state index in [1.165, 1.54) is 0 Å². The number of hydrogen-bond donors (Lipinski definition) is 3. The maximum atomic E-state index is 13.0. The van der Waals surface area contributed by atoms with E-state index in [9.17, 15) is 33.0 Å². The first-order chi connectivity index (χ1) is 10.1. The molecule has 10 heteroatoms. The third-order valence-corrected chi connectivity index (χ3v) is 2.92. The number of carboxylic acids is 1.